The van der Waals surface area contributed by atoms with E-state index in [1.54, 1.807) is 0 Å². The molecular formula is C17H34N4O2. The van der Waals surface area contributed by atoms with Crippen LogP contribution >= 0.6 is 0 Å². The van der Waals surface area contributed by atoms with Gasteiger partial charge in [-0.3, -0.25) is 9.89 Å². The number of aliphatic imine (C=N–C) groups is 1. The fourth-order valence-corrected chi connectivity index (χ4v) is 3.32. The molecule has 0 radical (unpaired) electrons. The number of guanidine groups is 1. The first-order chi connectivity index (χ1) is 11.3. The van der Waals surface area contributed by atoms with Crippen molar-refractivity contribution in [2.75, 3.05) is 53.0 Å². The average molecular weight is 326 g/mol. The molecule has 2 atom stereocenters. The lowest BCUT2D eigenvalue weighted by Gasteiger charge is -2.35. The number of likely N-dealkylation sites (tertiary alicyclic amines) is 1. The number of likely N-dealkylation sites (N-methyl/N-ethyl adjacent to an activating group) is 1. The summed E-state index contributed by atoms with van der Waals surface area (Å²) in [6.07, 6.45) is 6.29. The Morgan fingerprint density at radius 3 is 2.96 bits per heavy atom. The average Bonchev–Trinajstić information content (AvgIpc) is 3.11. The van der Waals surface area contributed by atoms with Crippen molar-refractivity contribution in [3.63, 3.8) is 0 Å². The Morgan fingerprint density at radius 2 is 2.22 bits per heavy atom. The predicted molar refractivity (Wildman–Crippen MR) is 94.0 cm³/mol. The maximum absolute atomic E-state index is 5.77. The van der Waals surface area contributed by atoms with Gasteiger partial charge in [0.15, 0.2) is 5.96 Å². The number of rotatable bonds is 8. The third kappa shape index (κ3) is 6.65. The Bertz CT molecular complexity index is 345. The van der Waals surface area contributed by atoms with Crippen molar-refractivity contribution >= 4 is 5.96 Å². The van der Waals surface area contributed by atoms with Crippen LogP contribution in [0.1, 0.15) is 39.0 Å². The van der Waals surface area contributed by atoms with Crippen molar-refractivity contribution in [2.45, 2.75) is 51.2 Å². The molecule has 2 fully saturated rings. The second-order valence-electron chi connectivity index (χ2n) is 6.37. The maximum atomic E-state index is 5.77. The van der Waals surface area contributed by atoms with Gasteiger partial charge in [-0.1, -0.05) is 13.3 Å². The summed E-state index contributed by atoms with van der Waals surface area (Å²) in [4.78, 5) is 6.88. The van der Waals surface area contributed by atoms with E-state index in [9.17, 15) is 0 Å². The summed E-state index contributed by atoms with van der Waals surface area (Å²) in [7, 11) is 1.83. The highest BCUT2D eigenvalue weighted by molar-refractivity contribution is 5.79. The SMILES string of the molecule is CCN1CCCCC1CNC(=NC)NCCCOC1CCOC1. The number of nitrogens with one attached hydrogen (secondary N) is 2. The van der Waals surface area contributed by atoms with Crippen molar-refractivity contribution in [1.82, 2.24) is 15.5 Å². The van der Waals surface area contributed by atoms with Gasteiger partial charge in [0, 0.05) is 39.4 Å². The predicted octanol–water partition coefficient (Wildman–Crippen LogP) is 1.22. The van der Waals surface area contributed by atoms with Gasteiger partial charge in [0.25, 0.3) is 0 Å². The zero-order chi connectivity index (χ0) is 16.3. The van der Waals surface area contributed by atoms with Crippen LogP contribution in [0.3, 0.4) is 0 Å². The van der Waals surface area contributed by atoms with Gasteiger partial charge in [0.05, 0.1) is 12.7 Å². The van der Waals surface area contributed by atoms with Gasteiger partial charge in [-0.25, -0.2) is 0 Å². The number of hydrogen-bond acceptors (Lipinski definition) is 4. The van der Waals surface area contributed by atoms with Gasteiger partial charge in [-0.05, 0) is 38.8 Å². The zero-order valence-electron chi connectivity index (χ0n) is 14.9. The molecule has 2 N–H and O–H groups in total. The Labute approximate surface area is 141 Å². The van der Waals surface area contributed by atoms with Crippen molar-refractivity contribution in [3.8, 4) is 0 Å². The maximum Gasteiger partial charge on any atom is 0.191 e. The summed E-state index contributed by atoms with van der Waals surface area (Å²) in [5.74, 6) is 0.899. The number of nitrogens with zero attached hydrogens (tertiary/aromatic N) is 2. The molecule has 0 bridgehead atoms. The van der Waals surface area contributed by atoms with Crippen LogP contribution in [-0.2, 0) is 9.47 Å². The third-order valence-corrected chi connectivity index (χ3v) is 4.74. The van der Waals surface area contributed by atoms with Crippen molar-refractivity contribution in [3.05, 3.63) is 0 Å². The summed E-state index contributed by atoms with van der Waals surface area (Å²) in [6.45, 7) is 8.86. The van der Waals surface area contributed by atoms with Crippen LogP contribution in [-0.4, -0.2) is 76.1 Å². The molecule has 2 unspecified atom stereocenters. The molecule has 0 spiro atoms. The van der Waals surface area contributed by atoms with Gasteiger partial charge in [-0.2, -0.15) is 0 Å². The molecule has 2 aliphatic heterocycles. The van der Waals surface area contributed by atoms with Crippen LogP contribution in [0.5, 0.6) is 0 Å². The molecule has 0 aromatic heterocycles. The monoisotopic (exact) mass is 326 g/mol. The standard InChI is InChI=1S/C17H34N4O2/c1-3-21-10-5-4-7-15(21)13-20-17(18-2)19-9-6-11-23-16-8-12-22-14-16/h15-16H,3-14H2,1-2H3,(H2,18,19,20). The molecule has 6 heteroatoms. The number of ether oxygens (including phenoxy) is 2. The van der Waals surface area contributed by atoms with Crippen LogP contribution in [0.15, 0.2) is 4.99 Å². The summed E-state index contributed by atoms with van der Waals surface area (Å²) in [5, 5.41) is 6.85. The summed E-state index contributed by atoms with van der Waals surface area (Å²) in [5.41, 5.74) is 0. The minimum Gasteiger partial charge on any atom is -0.379 e. The first-order valence-corrected chi connectivity index (χ1v) is 9.21. The molecule has 6 nitrogen and oxygen atoms in total. The van der Waals surface area contributed by atoms with E-state index in [-0.39, 0.29) is 0 Å². The highest BCUT2D eigenvalue weighted by atomic mass is 16.5. The summed E-state index contributed by atoms with van der Waals surface area (Å²) in [6, 6.07) is 0.637. The van der Waals surface area contributed by atoms with E-state index >= 15 is 0 Å². The molecule has 0 amide bonds. The van der Waals surface area contributed by atoms with E-state index in [2.05, 4.69) is 27.4 Å². The molecule has 0 aromatic carbocycles. The van der Waals surface area contributed by atoms with Gasteiger partial charge in [0.1, 0.15) is 0 Å². The number of hydrogen-bond donors (Lipinski definition) is 2. The second-order valence-corrected chi connectivity index (χ2v) is 6.37. The highest BCUT2D eigenvalue weighted by Crippen LogP contribution is 2.15. The van der Waals surface area contributed by atoms with Crippen molar-refractivity contribution in [2.24, 2.45) is 4.99 Å². The van der Waals surface area contributed by atoms with E-state index in [0.717, 1.165) is 58.3 Å². The minimum absolute atomic E-state index is 0.304. The fourth-order valence-electron chi connectivity index (χ4n) is 3.32. The van der Waals surface area contributed by atoms with Crippen LogP contribution in [0.4, 0.5) is 0 Å². The Hall–Kier alpha value is -0.850. The normalized spacial score (nSPS) is 26.4. The summed E-state index contributed by atoms with van der Waals surface area (Å²) >= 11 is 0. The quantitative estimate of drug-likeness (QED) is 0.399. The third-order valence-electron chi connectivity index (χ3n) is 4.74. The molecule has 2 aliphatic rings. The van der Waals surface area contributed by atoms with E-state index in [0.29, 0.717) is 12.1 Å². The zero-order valence-corrected chi connectivity index (χ0v) is 14.9. The van der Waals surface area contributed by atoms with E-state index in [1.165, 1.54) is 25.8 Å². The Morgan fingerprint density at radius 1 is 1.30 bits per heavy atom. The molecule has 2 rings (SSSR count). The minimum atomic E-state index is 0.304. The molecule has 23 heavy (non-hydrogen) atoms. The van der Waals surface area contributed by atoms with Crippen LogP contribution in [0, 0.1) is 0 Å². The van der Waals surface area contributed by atoms with Crippen molar-refractivity contribution < 1.29 is 9.47 Å². The van der Waals surface area contributed by atoms with E-state index in [1.807, 2.05) is 7.05 Å². The van der Waals surface area contributed by atoms with Gasteiger partial charge in [-0.15, -0.1) is 0 Å². The molecule has 0 aromatic rings. The Balaban J connectivity index is 1.55. The lowest BCUT2D eigenvalue weighted by atomic mass is 10.0. The fraction of sp³-hybridized carbons (Fsp3) is 0.941. The molecule has 2 heterocycles. The van der Waals surface area contributed by atoms with Crippen molar-refractivity contribution in [1.29, 1.82) is 0 Å². The Kier molecular flexibility index (Phi) is 8.71. The smallest absolute Gasteiger partial charge is 0.191 e. The molecular weight excluding hydrogens is 292 g/mol. The van der Waals surface area contributed by atoms with Crippen LogP contribution < -0.4 is 10.6 Å². The lowest BCUT2D eigenvalue weighted by molar-refractivity contribution is 0.0420. The first kappa shape index (κ1) is 18.5. The van der Waals surface area contributed by atoms with Gasteiger partial charge in [0.2, 0.25) is 0 Å². The molecule has 2 saturated heterocycles. The van der Waals surface area contributed by atoms with Crippen LogP contribution in [0.25, 0.3) is 0 Å². The lowest BCUT2D eigenvalue weighted by Crippen LogP contribution is -2.49. The second kappa shape index (κ2) is 10.8. The van der Waals surface area contributed by atoms with Crippen LogP contribution in [0.2, 0.25) is 0 Å². The molecule has 134 valence electrons. The first-order valence-electron chi connectivity index (χ1n) is 9.21. The van der Waals surface area contributed by atoms with Gasteiger partial charge < -0.3 is 20.1 Å². The largest absolute Gasteiger partial charge is 0.379 e. The molecule has 0 aliphatic carbocycles. The summed E-state index contributed by atoms with van der Waals surface area (Å²) < 4.78 is 11.1. The topological polar surface area (TPSA) is 58.1 Å². The van der Waals surface area contributed by atoms with E-state index in [4.69, 9.17) is 9.47 Å². The van der Waals surface area contributed by atoms with Gasteiger partial charge >= 0.3 is 0 Å². The molecule has 0 saturated carbocycles. The van der Waals surface area contributed by atoms with E-state index < -0.39 is 0 Å². The highest BCUT2D eigenvalue weighted by Gasteiger charge is 2.20. The number of piperidine rings is 1.